The second-order valence-electron chi connectivity index (χ2n) is 3.06. The molecule has 0 fully saturated rings. The van der Waals surface area contributed by atoms with Gasteiger partial charge in [-0.15, -0.1) is 0 Å². The van der Waals surface area contributed by atoms with Crippen LogP contribution in [0.25, 0.3) is 0 Å². The van der Waals surface area contributed by atoms with Crippen molar-refractivity contribution in [3.63, 3.8) is 0 Å². The quantitative estimate of drug-likeness (QED) is 0.536. The Labute approximate surface area is 88.3 Å². The van der Waals surface area contributed by atoms with Gasteiger partial charge in [-0.05, 0) is 18.6 Å². The first-order chi connectivity index (χ1) is 7.22. The predicted octanol–water partition coefficient (Wildman–Crippen LogP) is 1.15. The number of rotatable bonds is 5. The van der Waals surface area contributed by atoms with Gasteiger partial charge in [0.05, 0.1) is 6.61 Å². The normalized spacial score (nSPS) is 9.67. The summed E-state index contributed by atoms with van der Waals surface area (Å²) < 4.78 is 4.67. The minimum absolute atomic E-state index is 0.151. The average Bonchev–Trinajstić information content (AvgIpc) is 2.19. The Hall–Kier alpha value is -1.71. The van der Waals surface area contributed by atoms with E-state index in [-0.39, 0.29) is 18.6 Å². The second-order valence-corrected chi connectivity index (χ2v) is 3.06. The van der Waals surface area contributed by atoms with E-state index in [1.165, 1.54) is 0 Å². The maximum Gasteiger partial charge on any atom is 0.313 e. The molecule has 0 radical (unpaired) electrons. The SMILES string of the molecule is CCOC(=O)CC(=O)Cc1cccnc1. The zero-order valence-corrected chi connectivity index (χ0v) is 8.60. The molecule has 0 aliphatic rings. The Bertz CT molecular complexity index is 335. The molecule has 15 heavy (non-hydrogen) atoms. The number of hydrogen-bond donors (Lipinski definition) is 0. The topological polar surface area (TPSA) is 56.3 Å². The van der Waals surface area contributed by atoms with Gasteiger partial charge < -0.3 is 4.74 Å². The molecule has 4 nitrogen and oxygen atoms in total. The van der Waals surface area contributed by atoms with E-state index in [0.29, 0.717) is 6.61 Å². The largest absolute Gasteiger partial charge is 0.466 e. The summed E-state index contributed by atoms with van der Waals surface area (Å²) in [7, 11) is 0. The Morgan fingerprint density at radius 3 is 2.87 bits per heavy atom. The van der Waals surface area contributed by atoms with Crippen LogP contribution >= 0.6 is 0 Å². The molecule has 1 heterocycles. The van der Waals surface area contributed by atoms with Crippen LogP contribution < -0.4 is 0 Å². The smallest absolute Gasteiger partial charge is 0.313 e. The number of aromatic nitrogens is 1. The molecule has 0 unspecified atom stereocenters. The van der Waals surface area contributed by atoms with Gasteiger partial charge in [0.2, 0.25) is 0 Å². The molecule has 0 spiro atoms. The van der Waals surface area contributed by atoms with Gasteiger partial charge in [0, 0.05) is 18.8 Å². The van der Waals surface area contributed by atoms with Gasteiger partial charge in [-0.2, -0.15) is 0 Å². The van der Waals surface area contributed by atoms with Gasteiger partial charge in [-0.3, -0.25) is 14.6 Å². The highest BCUT2D eigenvalue weighted by molar-refractivity contribution is 5.96. The summed E-state index contributed by atoms with van der Waals surface area (Å²) in [5.74, 6) is -0.618. The van der Waals surface area contributed by atoms with Crippen molar-refractivity contribution in [1.29, 1.82) is 0 Å². The molecule has 0 aliphatic carbocycles. The highest BCUT2D eigenvalue weighted by atomic mass is 16.5. The number of carbonyl (C=O) groups excluding carboxylic acids is 2. The molecule has 1 aromatic rings. The number of ketones is 1. The van der Waals surface area contributed by atoms with Gasteiger partial charge in [-0.1, -0.05) is 6.07 Å². The Morgan fingerprint density at radius 1 is 1.47 bits per heavy atom. The van der Waals surface area contributed by atoms with Gasteiger partial charge in [0.15, 0.2) is 0 Å². The third-order valence-electron chi connectivity index (χ3n) is 1.77. The molecule has 0 aliphatic heterocycles. The van der Waals surface area contributed by atoms with E-state index in [4.69, 9.17) is 0 Å². The van der Waals surface area contributed by atoms with Gasteiger partial charge >= 0.3 is 5.97 Å². The van der Waals surface area contributed by atoms with E-state index in [1.54, 1.807) is 31.5 Å². The lowest BCUT2D eigenvalue weighted by atomic mass is 10.1. The first-order valence-electron chi connectivity index (χ1n) is 4.78. The molecular formula is C11H13NO3. The Kier molecular flexibility index (Phi) is 4.47. The molecule has 1 rings (SSSR count). The van der Waals surface area contributed by atoms with E-state index in [9.17, 15) is 9.59 Å². The van der Waals surface area contributed by atoms with Crippen molar-refractivity contribution in [2.75, 3.05) is 6.61 Å². The summed E-state index contributed by atoms with van der Waals surface area (Å²) in [5.41, 5.74) is 0.812. The average molecular weight is 207 g/mol. The van der Waals surface area contributed by atoms with Crippen LogP contribution in [0.3, 0.4) is 0 Å². The lowest BCUT2D eigenvalue weighted by molar-refractivity contribution is -0.145. The van der Waals surface area contributed by atoms with E-state index < -0.39 is 5.97 Å². The number of nitrogens with zero attached hydrogens (tertiary/aromatic N) is 1. The van der Waals surface area contributed by atoms with Crippen molar-refractivity contribution in [2.45, 2.75) is 19.8 Å². The summed E-state index contributed by atoms with van der Waals surface area (Å²) in [4.78, 5) is 26.2. The van der Waals surface area contributed by atoms with Crippen molar-refractivity contribution >= 4 is 11.8 Å². The van der Waals surface area contributed by atoms with E-state index >= 15 is 0 Å². The number of ether oxygens (including phenoxy) is 1. The van der Waals surface area contributed by atoms with Gasteiger partial charge in [-0.25, -0.2) is 0 Å². The fraction of sp³-hybridized carbons (Fsp3) is 0.364. The molecule has 0 N–H and O–H groups in total. The zero-order valence-electron chi connectivity index (χ0n) is 8.60. The highest BCUT2D eigenvalue weighted by Gasteiger charge is 2.10. The fourth-order valence-electron chi connectivity index (χ4n) is 1.17. The first kappa shape index (κ1) is 11.4. The first-order valence-corrected chi connectivity index (χ1v) is 4.78. The molecule has 0 saturated carbocycles. The van der Waals surface area contributed by atoms with Crippen molar-refractivity contribution in [1.82, 2.24) is 4.98 Å². The van der Waals surface area contributed by atoms with E-state index in [2.05, 4.69) is 9.72 Å². The molecule has 0 aromatic carbocycles. The maximum absolute atomic E-state index is 11.4. The number of pyridine rings is 1. The Balaban J connectivity index is 2.40. The van der Waals surface area contributed by atoms with Crippen molar-refractivity contribution in [2.24, 2.45) is 0 Å². The molecule has 4 heteroatoms. The molecule has 0 saturated heterocycles. The minimum atomic E-state index is -0.466. The molecule has 1 aromatic heterocycles. The fourth-order valence-corrected chi connectivity index (χ4v) is 1.17. The molecular weight excluding hydrogens is 194 g/mol. The summed E-state index contributed by atoms with van der Waals surface area (Å²) in [6.07, 6.45) is 3.32. The van der Waals surface area contributed by atoms with Crippen LogP contribution in [0, 0.1) is 0 Å². The molecule has 0 bridgehead atoms. The number of Topliss-reactive ketones (excluding diaryl/α,β-unsaturated/α-hetero) is 1. The number of hydrogen-bond acceptors (Lipinski definition) is 4. The number of esters is 1. The van der Waals surface area contributed by atoms with Crippen molar-refractivity contribution in [3.05, 3.63) is 30.1 Å². The lowest BCUT2D eigenvalue weighted by Gasteiger charge is -2.01. The maximum atomic E-state index is 11.4. The predicted molar refractivity (Wildman–Crippen MR) is 54.2 cm³/mol. The standard InChI is InChI=1S/C11H13NO3/c1-2-15-11(14)7-10(13)6-9-4-3-5-12-8-9/h3-5,8H,2,6-7H2,1H3. The third kappa shape index (κ3) is 4.35. The van der Waals surface area contributed by atoms with E-state index in [0.717, 1.165) is 5.56 Å². The number of carbonyl (C=O) groups is 2. The van der Waals surface area contributed by atoms with Crippen LogP contribution in [0.1, 0.15) is 18.9 Å². The highest BCUT2D eigenvalue weighted by Crippen LogP contribution is 2.00. The van der Waals surface area contributed by atoms with Crippen molar-refractivity contribution in [3.8, 4) is 0 Å². The van der Waals surface area contributed by atoms with Crippen LogP contribution in [-0.4, -0.2) is 23.3 Å². The summed E-state index contributed by atoms with van der Waals surface area (Å²) >= 11 is 0. The summed E-state index contributed by atoms with van der Waals surface area (Å²) in [5, 5.41) is 0. The van der Waals surface area contributed by atoms with Gasteiger partial charge in [0.1, 0.15) is 12.2 Å². The molecule has 80 valence electrons. The molecule has 0 amide bonds. The second kappa shape index (κ2) is 5.90. The van der Waals surface area contributed by atoms with Crippen LogP contribution in [0.2, 0.25) is 0 Å². The van der Waals surface area contributed by atoms with Crippen LogP contribution in [0.5, 0.6) is 0 Å². The van der Waals surface area contributed by atoms with Crippen molar-refractivity contribution < 1.29 is 14.3 Å². The van der Waals surface area contributed by atoms with E-state index in [1.807, 2.05) is 0 Å². The van der Waals surface area contributed by atoms with Gasteiger partial charge in [0.25, 0.3) is 0 Å². The monoisotopic (exact) mass is 207 g/mol. The third-order valence-corrected chi connectivity index (χ3v) is 1.77. The minimum Gasteiger partial charge on any atom is -0.466 e. The van der Waals surface area contributed by atoms with Crippen LogP contribution in [0.15, 0.2) is 24.5 Å². The Morgan fingerprint density at radius 2 is 2.27 bits per heavy atom. The summed E-state index contributed by atoms with van der Waals surface area (Å²) in [6, 6.07) is 3.56. The van der Waals surface area contributed by atoms with Crippen LogP contribution in [-0.2, 0) is 20.7 Å². The summed E-state index contributed by atoms with van der Waals surface area (Å²) in [6.45, 7) is 2.02. The lowest BCUT2D eigenvalue weighted by Crippen LogP contribution is -2.13. The van der Waals surface area contributed by atoms with Crippen LogP contribution in [0.4, 0.5) is 0 Å². The molecule has 0 atom stereocenters. The zero-order chi connectivity index (χ0) is 11.1.